The Morgan fingerprint density at radius 2 is 1.52 bits per heavy atom. The largest absolute Gasteiger partial charge is 0.496 e. The van der Waals surface area contributed by atoms with Crippen LogP contribution >= 0.6 is 0 Å². The molecule has 0 saturated carbocycles. The van der Waals surface area contributed by atoms with Crippen LogP contribution < -0.4 is 29.0 Å². The molecule has 9 nitrogen and oxygen atoms in total. The molecule has 29 heavy (non-hydrogen) atoms. The minimum absolute atomic E-state index is 0.0623. The smallest absolute Gasteiger partial charge is 0.254 e. The molecule has 0 unspecified atom stereocenters. The second-order valence-corrected chi connectivity index (χ2v) is 7.53. The minimum atomic E-state index is -3.92. The van der Waals surface area contributed by atoms with Crippen molar-refractivity contribution in [1.29, 1.82) is 0 Å². The summed E-state index contributed by atoms with van der Waals surface area (Å²) in [5, 5.41) is 2.45. The average Bonchev–Trinajstić information content (AvgIpc) is 2.75. The summed E-state index contributed by atoms with van der Waals surface area (Å²) in [7, 11) is 3.34. The fraction of sp³-hybridized carbons (Fsp3) is 0.316. The molecule has 0 atom stereocenters. The van der Waals surface area contributed by atoms with Crippen LogP contribution in [0.1, 0.15) is 15.9 Å². The van der Waals surface area contributed by atoms with E-state index in [0.717, 1.165) is 0 Å². The zero-order chi connectivity index (χ0) is 21.6. The number of ether oxygens (including phenoxy) is 4. The van der Waals surface area contributed by atoms with Crippen LogP contribution in [0.3, 0.4) is 0 Å². The summed E-state index contributed by atoms with van der Waals surface area (Å²) < 4.78 is 49.1. The van der Waals surface area contributed by atoms with E-state index in [0.29, 0.717) is 22.8 Å². The Hall–Kier alpha value is -2.98. The molecule has 0 fully saturated rings. The summed E-state index contributed by atoms with van der Waals surface area (Å²) in [5.74, 6) is 0.986. The SMILES string of the molecule is CNC(=O)c1cc(S(=O)(=O)NCc2ccc(OC)c(OC)c2OC)ccc1OC. The highest BCUT2D eigenvalue weighted by atomic mass is 32.2. The van der Waals surface area contributed by atoms with Crippen molar-refractivity contribution in [1.82, 2.24) is 10.0 Å². The zero-order valence-electron chi connectivity index (χ0n) is 16.9. The van der Waals surface area contributed by atoms with Crippen molar-refractivity contribution < 1.29 is 32.2 Å². The fourth-order valence-corrected chi connectivity index (χ4v) is 3.76. The summed E-state index contributed by atoms with van der Waals surface area (Å²) in [4.78, 5) is 11.9. The Kier molecular flexibility index (Phi) is 7.29. The lowest BCUT2D eigenvalue weighted by Crippen LogP contribution is -2.25. The number of carbonyl (C=O) groups is 1. The first-order chi connectivity index (χ1) is 13.8. The van der Waals surface area contributed by atoms with E-state index in [2.05, 4.69) is 10.0 Å². The standard InChI is InChI=1S/C19H24N2O7S/c1-20-19(22)14-10-13(7-9-15(14)25-2)29(23,24)21-11-12-6-8-16(26-3)18(28-5)17(12)27-4/h6-10,21H,11H2,1-5H3,(H,20,22). The van der Waals surface area contributed by atoms with Gasteiger partial charge in [-0.3, -0.25) is 4.79 Å². The molecule has 0 heterocycles. The van der Waals surface area contributed by atoms with E-state index in [1.54, 1.807) is 12.1 Å². The lowest BCUT2D eigenvalue weighted by molar-refractivity contribution is 0.0960. The molecule has 158 valence electrons. The third kappa shape index (κ3) is 4.72. The van der Waals surface area contributed by atoms with E-state index in [9.17, 15) is 13.2 Å². The van der Waals surface area contributed by atoms with Gasteiger partial charge in [-0.25, -0.2) is 13.1 Å². The second-order valence-electron chi connectivity index (χ2n) is 5.76. The minimum Gasteiger partial charge on any atom is -0.496 e. The van der Waals surface area contributed by atoms with E-state index in [1.165, 1.54) is 53.7 Å². The quantitative estimate of drug-likeness (QED) is 0.628. The second kappa shape index (κ2) is 9.48. The molecule has 0 aliphatic carbocycles. The van der Waals surface area contributed by atoms with Gasteiger partial charge in [-0.2, -0.15) is 0 Å². The monoisotopic (exact) mass is 424 g/mol. The van der Waals surface area contributed by atoms with Crippen molar-refractivity contribution in [2.24, 2.45) is 0 Å². The van der Waals surface area contributed by atoms with Gasteiger partial charge in [0.05, 0.1) is 38.9 Å². The molecule has 0 radical (unpaired) electrons. The number of amides is 1. The molecule has 2 rings (SSSR count). The average molecular weight is 424 g/mol. The molecule has 0 spiro atoms. The van der Waals surface area contributed by atoms with E-state index in [4.69, 9.17) is 18.9 Å². The van der Waals surface area contributed by atoms with Gasteiger partial charge < -0.3 is 24.3 Å². The van der Waals surface area contributed by atoms with Gasteiger partial charge in [-0.15, -0.1) is 0 Å². The molecular weight excluding hydrogens is 400 g/mol. The third-order valence-electron chi connectivity index (χ3n) is 4.19. The number of sulfonamides is 1. The Bertz CT molecular complexity index is 990. The first-order valence-electron chi connectivity index (χ1n) is 8.50. The van der Waals surface area contributed by atoms with Crippen molar-refractivity contribution in [2.75, 3.05) is 35.5 Å². The molecule has 0 aromatic heterocycles. The first-order valence-corrected chi connectivity index (χ1v) is 9.98. The van der Waals surface area contributed by atoms with Gasteiger partial charge in [-0.1, -0.05) is 6.07 Å². The first kappa shape index (κ1) is 22.3. The van der Waals surface area contributed by atoms with Crippen molar-refractivity contribution in [3.8, 4) is 23.0 Å². The van der Waals surface area contributed by atoms with E-state index in [-0.39, 0.29) is 22.8 Å². The topological polar surface area (TPSA) is 112 Å². The number of carbonyl (C=O) groups excluding carboxylic acids is 1. The maximum absolute atomic E-state index is 12.8. The number of methoxy groups -OCH3 is 4. The molecule has 0 bridgehead atoms. The lowest BCUT2D eigenvalue weighted by Gasteiger charge is -2.16. The number of hydrogen-bond acceptors (Lipinski definition) is 7. The molecule has 2 aromatic carbocycles. The zero-order valence-corrected chi connectivity index (χ0v) is 17.7. The van der Waals surface area contributed by atoms with Gasteiger partial charge >= 0.3 is 0 Å². The van der Waals surface area contributed by atoms with Gasteiger partial charge in [0, 0.05) is 19.2 Å². The maximum atomic E-state index is 12.8. The van der Waals surface area contributed by atoms with Crippen LogP contribution in [-0.4, -0.2) is 49.8 Å². The third-order valence-corrected chi connectivity index (χ3v) is 5.59. The highest BCUT2D eigenvalue weighted by Crippen LogP contribution is 2.39. The van der Waals surface area contributed by atoms with E-state index in [1.807, 2.05) is 0 Å². The van der Waals surface area contributed by atoms with E-state index >= 15 is 0 Å². The van der Waals surface area contributed by atoms with Gasteiger partial charge in [0.1, 0.15) is 5.75 Å². The fourth-order valence-electron chi connectivity index (χ4n) is 2.72. The number of nitrogens with one attached hydrogen (secondary N) is 2. The number of hydrogen-bond donors (Lipinski definition) is 2. The molecular formula is C19H24N2O7S. The van der Waals surface area contributed by atoms with Crippen LogP contribution in [-0.2, 0) is 16.6 Å². The van der Waals surface area contributed by atoms with Crippen LogP contribution in [0.25, 0.3) is 0 Å². The summed E-state index contributed by atoms with van der Waals surface area (Å²) in [6.07, 6.45) is 0. The predicted molar refractivity (Wildman–Crippen MR) is 107 cm³/mol. The van der Waals surface area contributed by atoms with Crippen LogP contribution in [0.4, 0.5) is 0 Å². The Balaban J connectivity index is 2.35. The molecule has 2 N–H and O–H groups in total. The summed E-state index contributed by atoms with van der Waals surface area (Å²) in [6, 6.07) is 7.37. The maximum Gasteiger partial charge on any atom is 0.254 e. The highest BCUT2D eigenvalue weighted by Gasteiger charge is 2.21. The molecule has 0 saturated heterocycles. The van der Waals surface area contributed by atoms with E-state index < -0.39 is 15.9 Å². The Morgan fingerprint density at radius 3 is 2.07 bits per heavy atom. The molecule has 0 aliphatic rings. The van der Waals surface area contributed by atoms with Crippen LogP contribution in [0.5, 0.6) is 23.0 Å². The molecule has 2 aromatic rings. The van der Waals surface area contributed by atoms with Crippen molar-refractivity contribution >= 4 is 15.9 Å². The van der Waals surface area contributed by atoms with Crippen molar-refractivity contribution in [3.05, 3.63) is 41.5 Å². The van der Waals surface area contributed by atoms with Crippen molar-refractivity contribution in [2.45, 2.75) is 11.4 Å². The Morgan fingerprint density at radius 1 is 0.897 bits per heavy atom. The molecule has 0 aliphatic heterocycles. The summed E-state index contributed by atoms with van der Waals surface area (Å²) >= 11 is 0. The van der Waals surface area contributed by atoms with Gasteiger partial charge in [-0.05, 0) is 24.3 Å². The number of rotatable bonds is 9. The van der Waals surface area contributed by atoms with Crippen molar-refractivity contribution in [3.63, 3.8) is 0 Å². The molecule has 10 heteroatoms. The van der Waals surface area contributed by atoms with Crippen LogP contribution in [0, 0.1) is 0 Å². The van der Waals surface area contributed by atoms with Crippen LogP contribution in [0.15, 0.2) is 35.2 Å². The van der Waals surface area contributed by atoms with Gasteiger partial charge in [0.15, 0.2) is 11.5 Å². The Labute approximate surface area is 170 Å². The normalized spacial score (nSPS) is 10.9. The predicted octanol–water partition coefficient (Wildman–Crippen LogP) is 1.56. The summed E-state index contributed by atoms with van der Waals surface area (Å²) in [5.41, 5.74) is 0.662. The van der Waals surface area contributed by atoms with Gasteiger partial charge in [0.2, 0.25) is 15.8 Å². The highest BCUT2D eigenvalue weighted by molar-refractivity contribution is 7.89. The van der Waals surface area contributed by atoms with Crippen LogP contribution in [0.2, 0.25) is 0 Å². The molecule has 1 amide bonds. The summed E-state index contributed by atoms with van der Waals surface area (Å²) in [6.45, 7) is -0.0623. The lowest BCUT2D eigenvalue weighted by atomic mass is 10.1. The number of benzene rings is 2. The van der Waals surface area contributed by atoms with Gasteiger partial charge in [0.25, 0.3) is 5.91 Å².